The number of carbonyl (C=O) groups is 2. The van der Waals surface area contributed by atoms with Crippen molar-refractivity contribution in [1.29, 1.82) is 0 Å². The van der Waals surface area contributed by atoms with Crippen molar-refractivity contribution in [2.45, 2.75) is 64.6 Å². The summed E-state index contributed by atoms with van der Waals surface area (Å²) in [4.78, 5) is 34.0. The van der Waals surface area contributed by atoms with Gasteiger partial charge in [-0.3, -0.25) is 9.59 Å². The topological polar surface area (TPSA) is 109 Å². The van der Waals surface area contributed by atoms with Crippen LogP contribution in [0.2, 0.25) is 0 Å². The average Bonchev–Trinajstić information content (AvgIpc) is 3.54. The highest BCUT2D eigenvalue weighted by Crippen LogP contribution is 2.60. The molecule has 2 N–H and O–H groups in total. The van der Waals surface area contributed by atoms with E-state index in [1.165, 1.54) is 7.11 Å². The van der Waals surface area contributed by atoms with E-state index in [9.17, 15) is 19.8 Å². The van der Waals surface area contributed by atoms with Crippen LogP contribution in [0, 0.1) is 59.2 Å². The summed E-state index contributed by atoms with van der Waals surface area (Å²) in [6.07, 6.45) is 1.30. The molecule has 2 heterocycles. The van der Waals surface area contributed by atoms with Crippen molar-refractivity contribution in [3.63, 3.8) is 0 Å². The van der Waals surface area contributed by atoms with Crippen LogP contribution in [0.5, 0.6) is 17.2 Å². The number of piperidine rings is 2. The minimum Gasteiger partial charge on any atom is -0.508 e. The van der Waals surface area contributed by atoms with E-state index in [4.69, 9.17) is 14.2 Å². The Morgan fingerprint density at radius 1 is 0.660 bits per heavy atom. The molecule has 12 atom stereocenters. The first-order chi connectivity index (χ1) is 23.9. The zero-order valence-electron chi connectivity index (χ0n) is 30.7. The normalized spacial score (nSPS) is 40.0. The first-order valence-corrected chi connectivity index (χ1v) is 18.8. The molecule has 3 saturated carbocycles. The van der Waals surface area contributed by atoms with Crippen LogP contribution >= 0.6 is 0 Å². The number of ether oxygens (including phenoxy) is 3. The zero-order chi connectivity index (χ0) is 35.6. The summed E-state index contributed by atoms with van der Waals surface area (Å²) in [5, 5.41) is 20.7. The Bertz CT molecular complexity index is 1500. The second kappa shape index (κ2) is 13.7. The predicted molar refractivity (Wildman–Crippen MR) is 190 cm³/mol. The third-order valence-electron chi connectivity index (χ3n) is 13.8. The second-order valence-corrected chi connectivity index (χ2v) is 16.8. The van der Waals surface area contributed by atoms with E-state index in [1.54, 1.807) is 30.3 Å². The Labute approximate surface area is 297 Å². The first-order valence-electron chi connectivity index (χ1n) is 18.8. The van der Waals surface area contributed by atoms with Crippen LogP contribution in [0.25, 0.3) is 0 Å². The van der Waals surface area contributed by atoms with Gasteiger partial charge in [0.2, 0.25) is 0 Å². The number of methoxy groups -OCH3 is 1. The predicted octanol–water partition coefficient (Wildman–Crippen LogP) is 5.75. The Balaban J connectivity index is 1.21. The Morgan fingerprint density at radius 3 is 1.60 bits per heavy atom. The van der Waals surface area contributed by atoms with E-state index in [1.807, 2.05) is 12.1 Å². The Kier molecular flexibility index (Phi) is 9.61. The van der Waals surface area contributed by atoms with Gasteiger partial charge in [-0.2, -0.15) is 0 Å². The molecule has 2 saturated heterocycles. The van der Waals surface area contributed by atoms with Crippen molar-refractivity contribution < 1.29 is 34.0 Å². The van der Waals surface area contributed by atoms with E-state index in [2.05, 4.69) is 51.6 Å². The fourth-order valence-corrected chi connectivity index (χ4v) is 11.2. The maximum absolute atomic E-state index is 14.6. The lowest BCUT2D eigenvalue weighted by Crippen LogP contribution is -2.53. The number of carbonyl (C=O) groups excluding carboxylic acids is 2. The minimum atomic E-state index is -0.668. The molecule has 0 amide bonds. The number of likely N-dealkylation sites (tertiary alicyclic amines) is 2. The van der Waals surface area contributed by atoms with Gasteiger partial charge in [0.15, 0.2) is 11.5 Å². The highest BCUT2D eigenvalue weighted by Gasteiger charge is 2.61. The summed E-state index contributed by atoms with van der Waals surface area (Å²) in [7, 11) is 5.84. The Morgan fingerprint density at radius 2 is 1.12 bits per heavy atom. The van der Waals surface area contributed by atoms with Crippen LogP contribution < -0.4 is 4.74 Å². The molecule has 5 fully saturated rings. The highest BCUT2D eigenvalue weighted by molar-refractivity contribution is 5.86. The number of benzene rings is 2. The van der Waals surface area contributed by atoms with Gasteiger partial charge in [0.1, 0.15) is 18.0 Å². The molecule has 0 radical (unpaired) electrons. The number of hydrogen-bond acceptors (Lipinski definition) is 9. The SMILES string of the molecule is COc1cc(C2[C@H](C(=O)O[C@@H]3C[C@@H]4[C@@H](CN(C)C[C@@H]4C)[C@@H]3C)C(c3ccc(O)cc3)[C@H]2C(=O)O[C@@H]2C[C@@H]3[C@@H](CN(C)C[C@@H]3C)[C@@H]2C)ccc1O. The van der Waals surface area contributed by atoms with Gasteiger partial charge in [-0.25, -0.2) is 0 Å². The van der Waals surface area contributed by atoms with E-state index < -0.39 is 23.7 Å². The molecule has 2 aromatic rings. The standard InChI is InChI=1S/C41H56N2O7/c1-21-17-42(5)19-30-23(3)33(15-28(21)30)49-40(46)38-36(25-8-11-27(44)12-9-25)39(37(38)26-10-13-32(45)35(14-26)48-7)41(47)50-34-16-29-22(2)18-43(6)20-31(29)24(34)4/h8-14,21-24,28-31,33-34,36-39,44-45H,15-20H2,1-7H3/t21-,22-,23-,24-,28-,29-,30-,31-,33+,34+,36?,37?,38+,39+/m0/s1. The molecular weight excluding hydrogens is 632 g/mol. The van der Waals surface area contributed by atoms with Crippen molar-refractivity contribution in [3.8, 4) is 17.2 Å². The van der Waals surface area contributed by atoms with Gasteiger partial charge in [-0.15, -0.1) is 0 Å². The summed E-state index contributed by atoms with van der Waals surface area (Å²) >= 11 is 0. The molecule has 0 aromatic heterocycles. The van der Waals surface area contributed by atoms with Gasteiger partial charge in [0.05, 0.1) is 18.9 Å². The summed E-state index contributed by atoms with van der Waals surface area (Å²) in [5.41, 5.74) is 1.52. The number of esters is 2. The molecule has 0 unspecified atom stereocenters. The van der Waals surface area contributed by atoms with Crippen LogP contribution in [0.1, 0.15) is 63.5 Å². The smallest absolute Gasteiger partial charge is 0.310 e. The molecule has 9 heteroatoms. The molecule has 9 nitrogen and oxygen atoms in total. The van der Waals surface area contributed by atoms with Crippen molar-refractivity contribution in [3.05, 3.63) is 53.6 Å². The lowest BCUT2D eigenvalue weighted by atomic mass is 9.52. The van der Waals surface area contributed by atoms with E-state index in [0.29, 0.717) is 35.5 Å². The molecule has 2 aliphatic heterocycles. The number of rotatable bonds is 7. The Hall–Kier alpha value is -3.30. The maximum Gasteiger partial charge on any atom is 0.310 e. The number of phenolic OH excluding ortho intramolecular Hbond substituents is 2. The van der Waals surface area contributed by atoms with Gasteiger partial charge in [0.25, 0.3) is 0 Å². The highest BCUT2D eigenvalue weighted by atomic mass is 16.6. The number of nitrogens with zero attached hydrogens (tertiary/aromatic N) is 2. The molecular formula is C41H56N2O7. The van der Waals surface area contributed by atoms with Crippen LogP contribution in [-0.4, -0.2) is 91.5 Å². The summed E-state index contributed by atoms with van der Waals surface area (Å²) in [6, 6.07) is 11.9. The van der Waals surface area contributed by atoms with Crippen LogP contribution in [0.3, 0.4) is 0 Å². The largest absolute Gasteiger partial charge is 0.508 e. The second-order valence-electron chi connectivity index (χ2n) is 16.8. The summed E-state index contributed by atoms with van der Waals surface area (Å²) < 4.78 is 18.6. The van der Waals surface area contributed by atoms with Crippen molar-refractivity contribution in [2.24, 2.45) is 59.2 Å². The lowest BCUT2D eigenvalue weighted by molar-refractivity contribution is -0.175. The monoisotopic (exact) mass is 688 g/mol. The third-order valence-corrected chi connectivity index (χ3v) is 13.8. The van der Waals surface area contributed by atoms with Crippen molar-refractivity contribution >= 4 is 11.9 Å². The maximum atomic E-state index is 14.6. The molecule has 2 aromatic carbocycles. The minimum absolute atomic E-state index is 0.00754. The van der Waals surface area contributed by atoms with Crippen LogP contribution in [0.15, 0.2) is 42.5 Å². The number of aromatic hydroxyl groups is 2. The van der Waals surface area contributed by atoms with Gasteiger partial charge in [-0.05, 0) is 110 Å². The van der Waals surface area contributed by atoms with Gasteiger partial charge in [0, 0.05) is 38.0 Å². The summed E-state index contributed by atoms with van der Waals surface area (Å²) in [5.74, 6) is 0.851. The molecule has 0 bridgehead atoms. The van der Waals surface area contributed by atoms with E-state index >= 15 is 0 Å². The van der Waals surface area contributed by atoms with Crippen LogP contribution in [0.4, 0.5) is 0 Å². The average molecular weight is 689 g/mol. The van der Waals surface area contributed by atoms with E-state index in [0.717, 1.165) is 50.1 Å². The molecule has 272 valence electrons. The number of phenols is 2. The molecule has 5 aliphatic rings. The quantitative estimate of drug-likeness (QED) is 0.352. The van der Waals surface area contributed by atoms with Crippen molar-refractivity contribution in [1.82, 2.24) is 9.80 Å². The molecule has 7 rings (SSSR count). The van der Waals surface area contributed by atoms with Gasteiger partial charge in [-0.1, -0.05) is 45.9 Å². The van der Waals surface area contributed by atoms with E-state index in [-0.39, 0.29) is 53.2 Å². The molecule has 50 heavy (non-hydrogen) atoms. The number of hydrogen-bond donors (Lipinski definition) is 2. The van der Waals surface area contributed by atoms with Crippen molar-refractivity contribution in [2.75, 3.05) is 47.4 Å². The molecule has 0 spiro atoms. The fourth-order valence-electron chi connectivity index (χ4n) is 11.2. The zero-order valence-corrected chi connectivity index (χ0v) is 30.7. The first kappa shape index (κ1) is 35.1. The number of fused-ring (bicyclic) bond motifs is 2. The lowest BCUT2D eigenvalue weighted by Gasteiger charge is -2.50. The van der Waals surface area contributed by atoms with Gasteiger partial charge >= 0.3 is 11.9 Å². The third kappa shape index (κ3) is 6.16. The summed E-state index contributed by atoms with van der Waals surface area (Å²) in [6.45, 7) is 13.1. The fraction of sp³-hybridized carbons (Fsp3) is 0.659. The van der Waals surface area contributed by atoms with Crippen LogP contribution in [-0.2, 0) is 19.1 Å². The molecule has 3 aliphatic carbocycles. The van der Waals surface area contributed by atoms with Gasteiger partial charge < -0.3 is 34.2 Å².